The van der Waals surface area contributed by atoms with Gasteiger partial charge in [0, 0.05) is 23.0 Å². The van der Waals surface area contributed by atoms with Crippen molar-refractivity contribution >= 4 is 28.3 Å². The minimum atomic E-state index is -0.0587. The maximum absolute atomic E-state index is 6.73. The van der Waals surface area contributed by atoms with E-state index in [9.17, 15) is 0 Å². The molecular formula is C18H26ClN3. The van der Waals surface area contributed by atoms with Crippen LogP contribution in [0.1, 0.15) is 40.2 Å². The van der Waals surface area contributed by atoms with Crippen molar-refractivity contribution < 1.29 is 0 Å². The van der Waals surface area contributed by atoms with E-state index >= 15 is 0 Å². The number of hydrogen-bond donors (Lipinski definition) is 1. The molecule has 1 aromatic carbocycles. The van der Waals surface area contributed by atoms with Crippen molar-refractivity contribution in [1.29, 1.82) is 0 Å². The molecule has 3 nitrogen and oxygen atoms in total. The summed E-state index contributed by atoms with van der Waals surface area (Å²) in [4.78, 5) is 7.17. The molecule has 0 aliphatic carbocycles. The van der Waals surface area contributed by atoms with E-state index in [0.717, 1.165) is 46.9 Å². The fourth-order valence-corrected chi connectivity index (χ4v) is 2.79. The predicted molar refractivity (Wildman–Crippen MR) is 96.8 cm³/mol. The molecule has 1 heterocycles. The molecule has 0 fully saturated rings. The lowest BCUT2D eigenvalue weighted by Gasteiger charge is -2.26. The van der Waals surface area contributed by atoms with Gasteiger partial charge < -0.3 is 5.32 Å². The third-order valence-corrected chi connectivity index (χ3v) is 4.12. The average Bonchev–Trinajstić information content (AvgIpc) is 2.46. The van der Waals surface area contributed by atoms with Gasteiger partial charge in [0.1, 0.15) is 5.82 Å². The van der Waals surface area contributed by atoms with Crippen molar-refractivity contribution in [2.75, 3.05) is 18.4 Å². The molecule has 1 N–H and O–H groups in total. The van der Waals surface area contributed by atoms with Crippen molar-refractivity contribution in [2.24, 2.45) is 0 Å². The zero-order chi connectivity index (χ0) is 16.3. The van der Waals surface area contributed by atoms with E-state index in [1.807, 2.05) is 24.3 Å². The molecule has 2 aromatic rings. The van der Waals surface area contributed by atoms with Crippen LogP contribution >= 0.6 is 11.6 Å². The Hall–Kier alpha value is -1.32. The van der Waals surface area contributed by atoms with Gasteiger partial charge in [-0.15, -0.1) is 0 Å². The number of rotatable bonds is 5. The summed E-state index contributed by atoms with van der Waals surface area (Å²) in [5.74, 6) is 0.892. The summed E-state index contributed by atoms with van der Waals surface area (Å²) in [6.07, 6.45) is 0. The third kappa shape index (κ3) is 3.90. The van der Waals surface area contributed by atoms with E-state index in [1.165, 1.54) is 0 Å². The lowest BCUT2D eigenvalue weighted by Crippen LogP contribution is -2.29. The first-order chi connectivity index (χ1) is 10.4. The quantitative estimate of drug-likeness (QED) is 0.846. The van der Waals surface area contributed by atoms with Crippen molar-refractivity contribution in [3.63, 3.8) is 0 Å². The molecule has 0 radical (unpaired) electrons. The van der Waals surface area contributed by atoms with Crippen molar-refractivity contribution in [3.8, 4) is 0 Å². The summed E-state index contributed by atoms with van der Waals surface area (Å²) in [5, 5.41) is 5.34. The van der Waals surface area contributed by atoms with E-state index in [2.05, 4.69) is 44.8 Å². The van der Waals surface area contributed by atoms with Gasteiger partial charge >= 0.3 is 0 Å². The molecule has 0 unspecified atom stereocenters. The van der Waals surface area contributed by atoms with Gasteiger partial charge in [-0.2, -0.15) is 0 Å². The first-order valence-corrected chi connectivity index (χ1v) is 8.31. The van der Waals surface area contributed by atoms with Gasteiger partial charge in [0.05, 0.1) is 10.5 Å². The van der Waals surface area contributed by atoms with Crippen molar-refractivity contribution in [3.05, 3.63) is 34.9 Å². The molecule has 0 saturated heterocycles. The highest BCUT2D eigenvalue weighted by Crippen LogP contribution is 2.33. The lowest BCUT2D eigenvalue weighted by atomic mass is 10.1. The number of pyridine rings is 1. The van der Waals surface area contributed by atoms with Crippen LogP contribution in [-0.4, -0.2) is 28.5 Å². The fourth-order valence-electron chi connectivity index (χ4n) is 2.48. The highest BCUT2D eigenvalue weighted by atomic mass is 35.5. The summed E-state index contributed by atoms with van der Waals surface area (Å²) in [5.41, 5.74) is 1.96. The standard InChI is InChI=1S/C18H26ClN3/c1-6-22(7-2)12-14-16(19)13-10-8-9-11-15(13)20-17(14)21-18(3,4)5/h8-11H,6-7,12H2,1-5H3,(H,20,21). The number of para-hydroxylation sites is 1. The predicted octanol–water partition coefficient (Wildman–Crippen LogP) is 4.94. The number of halogens is 1. The molecule has 0 spiro atoms. The van der Waals surface area contributed by atoms with Gasteiger partial charge in [-0.3, -0.25) is 4.90 Å². The maximum atomic E-state index is 6.73. The molecule has 22 heavy (non-hydrogen) atoms. The van der Waals surface area contributed by atoms with Crippen LogP contribution in [0, 0.1) is 0 Å². The van der Waals surface area contributed by atoms with Gasteiger partial charge in [0.25, 0.3) is 0 Å². The fraction of sp³-hybridized carbons (Fsp3) is 0.500. The molecular weight excluding hydrogens is 294 g/mol. The Labute approximate surface area is 138 Å². The van der Waals surface area contributed by atoms with Crippen LogP contribution in [0.25, 0.3) is 10.9 Å². The largest absolute Gasteiger partial charge is 0.365 e. The van der Waals surface area contributed by atoms with Crippen LogP contribution < -0.4 is 5.32 Å². The SMILES string of the molecule is CCN(CC)Cc1c(NC(C)(C)C)nc2ccccc2c1Cl. The lowest BCUT2D eigenvalue weighted by molar-refractivity contribution is 0.296. The molecule has 0 atom stereocenters. The molecule has 120 valence electrons. The summed E-state index contributed by atoms with van der Waals surface area (Å²) in [6.45, 7) is 13.5. The first kappa shape index (κ1) is 17.0. The van der Waals surface area contributed by atoms with Crippen LogP contribution in [0.3, 0.4) is 0 Å². The molecule has 4 heteroatoms. The number of fused-ring (bicyclic) bond motifs is 1. The minimum Gasteiger partial charge on any atom is -0.365 e. The second kappa shape index (κ2) is 6.84. The molecule has 0 aliphatic heterocycles. The van der Waals surface area contributed by atoms with E-state index in [0.29, 0.717) is 0 Å². The summed E-state index contributed by atoms with van der Waals surface area (Å²) in [6, 6.07) is 8.05. The van der Waals surface area contributed by atoms with Gasteiger partial charge in [-0.05, 0) is 39.9 Å². The zero-order valence-corrected chi connectivity index (χ0v) is 15.0. The highest BCUT2D eigenvalue weighted by Gasteiger charge is 2.19. The van der Waals surface area contributed by atoms with E-state index in [1.54, 1.807) is 0 Å². The molecule has 2 rings (SSSR count). The second-order valence-corrected chi connectivity index (χ2v) is 6.98. The van der Waals surface area contributed by atoms with Crippen molar-refractivity contribution in [2.45, 2.75) is 46.7 Å². The Kier molecular flexibility index (Phi) is 5.30. The average molecular weight is 320 g/mol. The van der Waals surface area contributed by atoms with Gasteiger partial charge in [-0.25, -0.2) is 4.98 Å². The number of hydrogen-bond acceptors (Lipinski definition) is 3. The van der Waals surface area contributed by atoms with Crippen LogP contribution in [0.4, 0.5) is 5.82 Å². The number of benzene rings is 1. The molecule has 0 saturated carbocycles. The third-order valence-electron chi connectivity index (χ3n) is 3.69. The molecule has 0 amide bonds. The maximum Gasteiger partial charge on any atom is 0.133 e. The van der Waals surface area contributed by atoms with Crippen LogP contribution in [0.15, 0.2) is 24.3 Å². The van der Waals surface area contributed by atoms with E-state index in [4.69, 9.17) is 16.6 Å². The van der Waals surface area contributed by atoms with Crippen LogP contribution in [0.5, 0.6) is 0 Å². The Bertz CT molecular complexity index is 643. The highest BCUT2D eigenvalue weighted by molar-refractivity contribution is 6.36. The van der Waals surface area contributed by atoms with Gasteiger partial charge in [0.15, 0.2) is 0 Å². The Balaban J connectivity index is 2.57. The second-order valence-electron chi connectivity index (χ2n) is 6.61. The smallest absolute Gasteiger partial charge is 0.133 e. The van der Waals surface area contributed by atoms with Crippen LogP contribution in [-0.2, 0) is 6.54 Å². The Morgan fingerprint density at radius 3 is 2.36 bits per heavy atom. The topological polar surface area (TPSA) is 28.2 Å². The number of nitrogens with one attached hydrogen (secondary N) is 1. The molecule has 1 aromatic heterocycles. The van der Waals surface area contributed by atoms with E-state index < -0.39 is 0 Å². The molecule has 0 aliphatic rings. The normalized spacial score (nSPS) is 12.1. The monoisotopic (exact) mass is 319 g/mol. The van der Waals surface area contributed by atoms with Gasteiger partial charge in [-0.1, -0.05) is 43.6 Å². The van der Waals surface area contributed by atoms with Crippen molar-refractivity contribution in [1.82, 2.24) is 9.88 Å². The minimum absolute atomic E-state index is 0.0587. The van der Waals surface area contributed by atoms with Gasteiger partial charge in [0.2, 0.25) is 0 Å². The first-order valence-electron chi connectivity index (χ1n) is 7.93. The van der Waals surface area contributed by atoms with E-state index in [-0.39, 0.29) is 5.54 Å². The Morgan fingerprint density at radius 1 is 1.14 bits per heavy atom. The summed E-state index contributed by atoms with van der Waals surface area (Å²) >= 11 is 6.73. The van der Waals surface area contributed by atoms with Crippen LogP contribution in [0.2, 0.25) is 5.02 Å². The number of anilines is 1. The molecule has 0 bridgehead atoms. The number of nitrogens with zero attached hydrogens (tertiary/aromatic N) is 2. The number of aromatic nitrogens is 1. The zero-order valence-electron chi connectivity index (χ0n) is 14.2. The Morgan fingerprint density at radius 2 is 1.77 bits per heavy atom. The summed E-state index contributed by atoms with van der Waals surface area (Å²) in [7, 11) is 0. The summed E-state index contributed by atoms with van der Waals surface area (Å²) < 4.78 is 0.